The molecule has 3 aromatic rings. The summed E-state index contributed by atoms with van der Waals surface area (Å²) in [6.07, 6.45) is 8.80. The number of rotatable bonds is 10. The van der Waals surface area contributed by atoms with Gasteiger partial charge in [0.05, 0.1) is 18.1 Å². The highest BCUT2D eigenvalue weighted by Crippen LogP contribution is 2.30. The van der Waals surface area contributed by atoms with E-state index in [1.54, 1.807) is 18.6 Å². The van der Waals surface area contributed by atoms with Crippen molar-refractivity contribution in [2.75, 3.05) is 6.61 Å². The Hall–Kier alpha value is -3.55. The second-order valence-electron chi connectivity index (χ2n) is 6.90. The molecule has 2 aromatic heterocycles. The summed E-state index contributed by atoms with van der Waals surface area (Å²) in [4.78, 5) is 24.9. The molecule has 31 heavy (non-hydrogen) atoms. The van der Waals surface area contributed by atoms with Crippen LogP contribution >= 0.6 is 0 Å². The summed E-state index contributed by atoms with van der Waals surface area (Å²) in [5.41, 5.74) is 5.44. The first-order valence-corrected chi connectivity index (χ1v) is 10.1. The minimum atomic E-state index is -0.241. The molecule has 0 aliphatic carbocycles. The molecule has 0 fully saturated rings. The smallest absolute Gasteiger partial charge is 0.430 e. The first kappa shape index (κ1) is 22.1. The van der Waals surface area contributed by atoms with Crippen LogP contribution in [0.15, 0.2) is 55.2 Å². The largest absolute Gasteiger partial charge is 0.549 e. The molecule has 7 nitrogen and oxygen atoms in total. The van der Waals surface area contributed by atoms with Gasteiger partial charge in [0.25, 0.3) is 0 Å². The molecule has 0 amide bonds. The van der Waals surface area contributed by atoms with Gasteiger partial charge in [-0.2, -0.15) is 0 Å². The predicted octanol–water partition coefficient (Wildman–Crippen LogP) is 3.21. The van der Waals surface area contributed by atoms with Crippen molar-refractivity contribution in [3.8, 4) is 22.3 Å². The van der Waals surface area contributed by atoms with Crippen molar-refractivity contribution in [1.29, 1.82) is 5.41 Å². The van der Waals surface area contributed by atoms with E-state index in [1.165, 1.54) is 13.8 Å². The standard InChI is InChI=1S/C23H24BN4O3/c1-3-16(23(29)30-4-2)9-19-10-17(20-12-26-15-27-13-20)5-6-21(19)18-7-8-28-22(11-18)24-31-14-25/h5-8,10-16,25H,3-4,9H2,1-2H3. The van der Waals surface area contributed by atoms with E-state index >= 15 is 0 Å². The Morgan fingerprint density at radius 3 is 2.65 bits per heavy atom. The molecule has 3 rings (SSSR count). The van der Waals surface area contributed by atoms with Crippen LogP contribution in [0.5, 0.6) is 0 Å². The fourth-order valence-corrected chi connectivity index (χ4v) is 3.38. The van der Waals surface area contributed by atoms with Crippen LogP contribution < -0.4 is 5.59 Å². The first-order chi connectivity index (χ1) is 15.2. The van der Waals surface area contributed by atoms with E-state index in [9.17, 15) is 4.79 Å². The zero-order valence-electron chi connectivity index (χ0n) is 17.6. The zero-order valence-corrected chi connectivity index (χ0v) is 17.6. The normalized spacial score (nSPS) is 11.4. The van der Waals surface area contributed by atoms with E-state index in [1.807, 2.05) is 38.1 Å². The number of esters is 1. The summed E-state index contributed by atoms with van der Waals surface area (Å²) < 4.78 is 10.2. The Kier molecular flexibility index (Phi) is 7.87. The number of nitrogens with zero attached hydrogens (tertiary/aromatic N) is 3. The van der Waals surface area contributed by atoms with Gasteiger partial charge in [-0.25, -0.2) is 9.97 Å². The van der Waals surface area contributed by atoms with Crippen LogP contribution in [0.2, 0.25) is 0 Å². The lowest BCUT2D eigenvalue weighted by Gasteiger charge is -2.18. The van der Waals surface area contributed by atoms with E-state index in [4.69, 9.17) is 14.8 Å². The van der Waals surface area contributed by atoms with Crippen molar-refractivity contribution in [3.63, 3.8) is 0 Å². The molecule has 1 unspecified atom stereocenters. The maximum Gasteiger partial charge on any atom is 0.430 e. The van der Waals surface area contributed by atoms with Crippen molar-refractivity contribution in [1.82, 2.24) is 15.0 Å². The number of pyridine rings is 1. The lowest BCUT2D eigenvalue weighted by molar-refractivity contribution is -0.148. The van der Waals surface area contributed by atoms with Gasteiger partial charge in [-0.05, 0) is 54.2 Å². The van der Waals surface area contributed by atoms with Crippen LogP contribution in [0.1, 0.15) is 25.8 Å². The van der Waals surface area contributed by atoms with E-state index in [2.05, 4.69) is 21.0 Å². The molecule has 0 saturated carbocycles. The van der Waals surface area contributed by atoms with Crippen LogP contribution in [0.3, 0.4) is 0 Å². The Bertz CT molecular complexity index is 1030. The molecule has 0 aliphatic heterocycles. The Morgan fingerprint density at radius 1 is 1.13 bits per heavy atom. The molecule has 8 heteroatoms. The number of aromatic nitrogens is 3. The van der Waals surface area contributed by atoms with Crippen LogP contribution in [-0.2, 0) is 20.6 Å². The molecular weight excluding hydrogens is 391 g/mol. The van der Waals surface area contributed by atoms with E-state index in [0.717, 1.165) is 34.2 Å². The molecule has 0 aliphatic rings. The summed E-state index contributed by atoms with van der Waals surface area (Å²) in [5.74, 6) is -0.428. The van der Waals surface area contributed by atoms with E-state index < -0.39 is 0 Å². The number of hydrogen-bond donors (Lipinski definition) is 1. The predicted molar refractivity (Wildman–Crippen MR) is 120 cm³/mol. The minimum Gasteiger partial charge on any atom is -0.549 e. The number of benzene rings is 1. The van der Waals surface area contributed by atoms with Crippen molar-refractivity contribution in [3.05, 3.63) is 60.8 Å². The monoisotopic (exact) mass is 415 g/mol. The van der Waals surface area contributed by atoms with Crippen LogP contribution in [0.4, 0.5) is 0 Å². The Balaban J connectivity index is 2.03. The molecule has 0 spiro atoms. The third kappa shape index (κ3) is 5.75. The molecule has 2 heterocycles. The van der Waals surface area contributed by atoms with Gasteiger partial charge >= 0.3 is 13.5 Å². The molecular formula is C23H24BN4O3. The number of carbonyl (C=O) groups is 1. The summed E-state index contributed by atoms with van der Waals surface area (Å²) in [5, 5.41) is 7.02. The molecule has 1 N–H and O–H groups in total. The number of ether oxygens (including phenoxy) is 1. The van der Waals surface area contributed by atoms with E-state index in [-0.39, 0.29) is 11.9 Å². The number of carbonyl (C=O) groups excluding carboxylic acids is 1. The summed E-state index contributed by atoms with van der Waals surface area (Å²) in [7, 11) is 1.42. The Labute approximate surface area is 182 Å². The van der Waals surface area contributed by atoms with Crippen molar-refractivity contribution in [2.45, 2.75) is 26.7 Å². The van der Waals surface area contributed by atoms with Crippen molar-refractivity contribution < 1.29 is 14.2 Å². The molecule has 1 radical (unpaired) electrons. The summed E-state index contributed by atoms with van der Waals surface area (Å²) >= 11 is 0. The summed E-state index contributed by atoms with van der Waals surface area (Å²) in [6, 6.07) is 9.93. The minimum absolute atomic E-state index is 0.187. The van der Waals surface area contributed by atoms with Gasteiger partial charge in [-0.15, -0.1) is 0 Å². The van der Waals surface area contributed by atoms with Gasteiger partial charge in [0, 0.05) is 24.2 Å². The Morgan fingerprint density at radius 2 is 1.94 bits per heavy atom. The molecule has 157 valence electrons. The second-order valence-corrected chi connectivity index (χ2v) is 6.90. The fraction of sp³-hybridized carbons (Fsp3) is 0.261. The molecule has 1 aromatic carbocycles. The highest BCUT2D eigenvalue weighted by atomic mass is 16.5. The SMILES string of the molecule is CCOC(=O)C(CC)Cc1cc(-c2cncnc2)ccc1-c1ccnc([B]OC=N)c1. The maximum atomic E-state index is 12.5. The topological polar surface area (TPSA) is 98.1 Å². The van der Waals surface area contributed by atoms with Crippen LogP contribution in [0, 0.1) is 11.3 Å². The van der Waals surface area contributed by atoms with Gasteiger partial charge in [0.15, 0.2) is 0 Å². The number of nitrogens with one attached hydrogen (secondary N) is 1. The van der Waals surface area contributed by atoms with Gasteiger partial charge in [-0.1, -0.05) is 25.1 Å². The third-order valence-electron chi connectivity index (χ3n) is 4.93. The first-order valence-electron chi connectivity index (χ1n) is 10.1. The summed E-state index contributed by atoms with van der Waals surface area (Å²) in [6.45, 7) is 4.17. The lowest BCUT2D eigenvalue weighted by Crippen LogP contribution is -2.21. The van der Waals surface area contributed by atoms with Gasteiger partial charge in [0.2, 0.25) is 0 Å². The van der Waals surface area contributed by atoms with Gasteiger partial charge in [-0.3, -0.25) is 15.2 Å². The van der Waals surface area contributed by atoms with Gasteiger partial charge < -0.3 is 9.39 Å². The van der Waals surface area contributed by atoms with Gasteiger partial charge in [0.1, 0.15) is 12.7 Å². The van der Waals surface area contributed by atoms with Crippen molar-refractivity contribution in [2.24, 2.45) is 5.92 Å². The van der Waals surface area contributed by atoms with E-state index in [0.29, 0.717) is 25.0 Å². The fourth-order valence-electron chi connectivity index (χ4n) is 3.38. The number of hydrogen-bond acceptors (Lipinski definition) is 7. The zero-order chi connectivity index (χ0) is 22.1. The highest BCUT2D eigenvalue weighted by molar-refractivity contribution is 6.47. The second kappa shape index (κ2) is 11.0. The van der Waals surface area contributed by atoms with Crippen LogP contribution in [0.25, 0.3) is 22.3 Å². The quantitative estimate of drug-likeness (QED) is 0.236. The molecule has 0 bridgehead atoms. The van der Waals surface area contributed by atoms with Crippen molar-refractivity contribution >= 4 is 25.4 Å². The average Bonchev–Trinajstić information content (AvgIpc) is 2.82. The average molecular weight is 415 g/mol. The third-order valence-corrected chi connectivity index (χ3v) is 4.93. The maximum absolute atomic E-state index is 12.5. The highest BCUT2D eigenvalue weighted by Gasteiger charge is 2.21. The lowest BCUT2D eigenvalue weighted by atomic mass is 9.87. The molecule has 1 atom stereocenters. The molecule has 0 saturated heterocycles. The van der Waals surface area contributed by atoms with Crippen LogP contribution in [-0.4, -0.2) is 41.4 Å².